The minimum absolute atomic E-state index is 0.186. The van der Waals surface area contributed by atoms with E-state index in [1.54, 1.807) is 0 Å². The van der Waals surface area contributed by atoms with Crippen LogP contribution in [0, 0.1) is 0 Å². The Bertz CT molecular complexity index is 531. The van der Waals surface area contributed by atoms with Crippen LogP contribution < -0.4 is 5.11 Å². The van der Waals surface area contributed by atoms with E-state index >= 15 is 0 Å². The Kier molecular flexibility index (Phi) is 2.52. The van der Waals surface area contributed by atoms with Gasteiger partial charge in [-0.3, -0.25) is 0 Å². The summed E-state index contributed by atoms with van der Waals surface area (Å²) < 4.78 is 0.939. The van der Waals surface area contributed by atoms with E-state index in [1.165, 1.54) is 0 Å². The summed E-state index contributed by atoms with van der Waals surface area (Å²) in [5.74, 6) is -1.15. The highest BCUT2D eigenvalue weighted by Gasteiger charge is 2.10. The van der Waals surface area contributed by atoms with Gasteiger partial charge in [-0.15, -0.1) is 0 Å². The Morgan fingerprint density at radius 3 is 2.87 bits per heavy atom. The summed E-state index contributed by atoms with van der Waals surface area (Å²) in [5.41, 5.74) is 1.81. The van der Waals surface area contributed by atoms with E-state index in [-0.39, 0.29) is 5.69 Å². The maximum Gasteiger partial charge on any atom is 0.0881 e. The summed E-state index contributed by atoms with van der Waals surface area (Å²) in [6, 6.07) is 5.64. The van der Waals surface area contributed by atoms with Gasteiger partial charge < -0.3 is 14.9 Å². The van der Waals surface area contributed by atoms with Gasteiger partial charge in [-0.1, -0.05) is 22.9 Å². The highest BCUT2D eigenvalue weighted by molar-refractivity contribution is 9.10. The zero-order valence-electron chi connectivity index (χ0n) is 8.13. The first-order chi connectivity index (χ1) is 7.13. The fraction of sp³-hybridized carbons (Fsp3) is 0.182. The van der Waals surface area contributed by atoms with Crippen LogP contribution in [0.1, 0.15) is 23.0 Å². The number of nitrogens with one attached hydrogen (secondary N) is 1. The highest BCUT2D eigenvalue weighted by Crippen LogP contribution is 2.25. The number of hydrogen-bond acceptors (Lipinski definition) is 2. The molecule has 0 atom stereocenters. The second-order valence-electron chi connectivity index (χ2n) is 3.31. The number of fused-ring (bicyclic) bond motifs is 1. The zero-order chi connectivity index (χ0) is 11.0. The van der Waals surface area contributed by atoms with Crippen molar-refractivity contribution in [1.29, 1.82) is 0 Å². The predicted molar refractivity (Wildman–Crippen MR) is 59.7 cm³/mol. The minimum Gasteiger partial charge on any atom is -0.543 e. The van der Waals surface area contributed by atoms with Gasteiger partial charge in [0, 0.05) is 15.4 Å². The van der Waals surface area contributed by atoms with Crippen LogP contribution in [0.4, 0.5) is 0 Å². The number of rotatable bonds is 2. The molecule has 0 amide bonds. The number of carbonyl (C=O) groups excluding carboxylic acids is 1. The maximum absolute atomic E-state index is 10.9. The molecule has 1 N–H and O–H groups in total. The average molecular weight is 267 g/mol. The molecule has 1 heterocycles. The van der Waals surface area contributed by atoms with Crippen LogP contribution in [0.2, 0.25) is 0 Å². The number of carbonyl (C=O) groups is 1. The quantitative estimate of drug-likeness (QED) is 0.902. The number of aryl methyl sites for hydroxylation is 1. The van der Waals surface area contributed by atoms with Crippen LogP contribution in [-0.2, 0) is 6.42 Å². The molecule has 0 aliphatic heterocycles. The number of hydrogen-bond donors (Lipinski definition) is 1. The van der Waals surface area contributed by atoms with Gasteiger partial charge in [0.05, 0.1) is 11.7 Å². The van der Waals surface area contributed by atoms with Crippen molar-refractivity contribution in [2.75, 3.05) is 0 Å². The van der Waals surface area contributed by atoms with Gasteiger partial charge in [0.15, 0.2) is 0 Å². The fourth-order valence-corrected chi connectivity index (χ4v) is 2.12. The Morgan fingerprint density at radius 2 is 2.27 bits per heavy atom. The van der Waals surface area contributed by atoms with E-state index in [0.717, 1.165) is 20.9 Å². The van der Waals surface area contributed by atoms with Crippen molar-refractivity contribution in [3.63, 3.8) is 0 Å². The molecule has 0 bridgehead atoms. The first kappa shape index (κ1) is 10.2. The highest BCUT2D eigenvalue weighted by atomic mass is 79.9. The van der Waals surface area contributed by atoms with Gasteiger partial charge >= 0.3 is 0 Å². The normalized spacial score (nSPS) is 10.8. The largest absolute Gasteiger partial charge is 0.543 e. The van der Waals surface area contributed by atoms with Gasteiger partial charge in [-0.05, 0) is 30.2 Å². The molecule has 0 fully saturated rings. The second kappa shape index (κ2) is 3.70. The van der Waals surface area contributed by atoms with E-state index in [0.29, 0.717) is 6.42 Å². The van der Waals surface area contributed by atoms with Crippen molar-refractivity contribution in [2.24, 2.45) is 0 Å². The zero-order valence-corrected chi connectivity index (χ0v) is 9.72. The standard InChI is InChI=1S/C11H10BrNO2/c1-2-7-8-5-6(12)3-4-9(8)13-10(7)11(14)15/h3-5,13H,2H2,1H3,(H,14,15)/p-1. The molecule has 0 aliphatic carbocycles. The summed E-state index contributed by atoms with van der Waals surface area (Å²) >= 11 is 3.37. The molecule has 15 heavy (non-hydrogen) atoms. The van der Waals surface area contributed by atoms with Gasteiger partial charge in [-0.2, -0.15) is 0 Å². The molecule has 0 saturated heterocycles. The van der Waals surface area contributed by atoms with E-state index in [4.69, 9.17) is 0 Å². The van der Waals surface area contributed by atoms with Gasteiger partial charge in [0.1, 0.15) is 0 Å². The van der Waals surface area contributed by atoms with Crippen LogP contribution in [-0.4, -0.2) is 11.0 Å². The van der Waals surface area contributed by atoms with Crippen molar-refractivity contribution in [3.05, 3.63) is 33.9 Å². The number of carboxylic acid groups (broad SMARTS) is 1. The minimum atomic E-state index is -1.15. The molecule has 0 radical (unpaired) electrons. The number of benzene rings is 1. The van der Waals surface area contributed by atoms with Crippen LogP contribution in [0.15, 0.2) is 22.7 Å². The second-order valence-corrected chi connectivity index (χ2v) is 4.23. The lowest BCUT2D eigenvalue weighted by Crippen LogP contribution is -2.23. The molecule has 0 saturated carbocycles. The number of aromatic amines is 1. The molecule has 0 spiro atoms. The number of aromatic nitrogens is 1. The lowest BCUT2D eigenvalue weighted by atomic mass is 10.1. The first-order valence-corrected chi connectivity index (χ1v) is 5.44. The SMILES string of the molecule is CCc1c(C(=O)[O-])[nH]c2ccc(Br)cc12. The third-order valence-electron chi connectivity index (χ3n) is 2.43. The predicted octanol–water partition coefficient (Wildman–Crippen LogP) is 1.86. The lowest BCUT2D eigenvalue weighted by molar-refractivity contribution is -0.255. The Morgan fingerprint density at radius 1 is 1.53 bits per heavy atom. The average Bonchev–Trinajstić information content (AvgIpc) is 2.55. The molecule has 1 aromatic carbocycles. The molecule has 0 aliphatic rings. The Hall–Kier alpha value is -1.29. The third-order valence-corrected chi connectivity index (χ3v) is 2.92. The van der Waals surface area contributed by atoms with E-state index in [2.05, 4.69) is 20.9 Å². The summed E-state index contributed by atoms with van der Waals surface area (Å²) in [7, 11) is 0. The molecule has 0 unspecified atom stereocenters. The summed E-state index contributed by atoms with van der Waals surface area (Å²) in [6.07, 6.45) is 0.666. The Labute approximate surface area is 95.2 Å². The van der Waals surface area contributed by atoms with Crippen molar-refractivity contribution < 1.29 is 9.90 Å². The lowest BCUT2D eigenvalue weighted by Gasteiger charge is -2.01. The summed E-state index contributed by atoms with van der Waals surface area (Å²) in [6.45, 7) is 1.93. The maximum atomic E-state index is 10.9. The van der Waals surface area contributed by atoms with Crippen molar-refractivity contribution >= 4 is 32.8 Å². The van der Waals surface area contributed by atoms with E-state index in [9.17, 15) is 9.90 Å². The molecular formula is C11H9BrNO2-. The van der Waals surface area contributed by atoms with Crippen molar-refractivity contribution in [2.45, 2.75) is 13.3 Å². The van der Waals surface area contributed by atoms with Gasteiger partial charge in [0.25, 0.3) is 0 Å². The van der Waals surface area contributed by atoms with Crippen LogP contribution in [0.3, 0.4) is 0 Å². The van der Waals surface area contributed by atoms with Gasteiger partial charge in [-0.25, -0.2) is 0 Å². The van der Waals surface area contributed by atoms with Crippen LogP contribution in [0.25, 0.3) is 10.9 Å². The topological polar surface area (TPSA) is 55.9 Å². The molecule has 3 nitrogen and oxygen atoms in total. The molecule has 1 aromatic heterocycles. The number of halogens is 1. The van der Waals surface area contributed by atoms with E-state index in [1.807, 2.05) is 25.1 Å². The van der Waals surface area contributed by atoms with Crippen LogP contribution in [0.5, 0.6) is 0 Å². The van der Waals surface area contributed by atoms with Crippen molar-refractivity contribution in [1.82, 2.24) is 4.98 Å². The monoisotopic (exact) mass is 266 g/mol. The summed E-state index contributed by atoms with van der Waals surface area (Å²) in [5, 5.41) is 11.8. The molecule has 4 heteroatoms. The smallest absolute Gasteiger partial charge is 0.0881 e. The molecule has 78 valence electrons. The molecule has 2 rings (SSSR count). The number of aromatic carboxylic acids is 1. The van der Waals surface area contributed by atoms with Crippen LogP contribution >= 0.6 is 15.9 Å². The fourth-order valence-electron chi connectivity index (χ4n) is 1.76. The Balaban J connectivity index is 2.79. The third kappa shape index (κ3) is 1.65. The first-order valence-electron chi connectivity index (χ1n) is 4.65. The van der Waals surface area contributed by atoms with E-state index < -0.39 is 5.97 Å². The molecular weight excluding hydrogens is 258 g/mol. The number of H-pyrrole nitrogens is 1. The van der Waals surface area contributed by atoms with Gasteiger partial charge in [0.2, 0.25) is 0 Å². The van der Waals surface area contributed by atoms with Crippen molar-refractivity contribution in [3.8, 4) is 0 Å². The summed E-state index contributed by atoms with van der Waals surface area (Å²) in [4.78, 5) is 13.7. The molecule has 2 aromatic rings. The number of carboxylic acids is 1.